The molecule has 3 heteroatoms. The molecule has 0 N–H and O–H groups in total. The monoisotopic (exact) mass is 161 g/mol. The van der Waals surface area contributed by atoms with Crippen LogP contribution in [-0.4, -0.2) is 9.78 Å². The number of aryl methyl sites for hydroxylation is 1. The van der Waals surface area contributed by atoms with Crippen LogP contribution in [0, 0.1) is 11.3 Å². The normalized spacial score (nSPS) is 19.7. The van der Waals surface area contributed by atoms with Crippen LogP contribution in [0.4, 0.5) is 0 Å². The van der Waals surface area contributed by atoms with E-state index in [1.807, 2.05) is 19.3 Å². The van der Waals surface area contributed by atoms with Gasteiger partial charge < -0.3 is 0 Å². The zero-order valence-corrected chi connectivity index (χ0v) is 7.12. The lowest BCUT2D eigenvalue weighted by Crippen LogP contribution is -2.32. The highest BCUT2D eigenvalue weighted by Crippen LogP contribution is 2.41. The molecule has 0 radical (unpaired) electrons. The van der Waals surface area contributed by atoms with E-state index in [2.05, 4.69) is 11.2 Å². The maximum Gasteiger partial charge on any atom is 0.101 e. The molecule has 1 aliphatic rings. The van der Waals surface area contributed by atoms with Gasteiger partial charge in [-0.2, -0.15) is 10.4 Å². The molecule has 0 spiro atoms. The summed E-state index contributed by atoms with van der Waals surface area (Å²) in [6.45, 7) is 0. The lowest BCUT2D eigenvalue weighted by molar-refractivity contribution is 0.314. The highest BCUT2D eigenvalue weighted by molar-refractivity contribution is 5.28. The average Bonchev–Trinajstić information content (AvgIpc) is 2.35. The lowest BCUT2D eigenvalue weighted by Gasteiger charge is -2.33. The second-order valence-corrected chi connectivity index (χ2v) is 3.42. The highest BCUT2D eigenvalue weighted by atomic mass is 15.3. The van der Waals surface area contributed by atoms with Crippen molar-refractivity contribution in [2.24, 2.45) is 7.05 Å². The molecule has 0 amide bonds. The summed E-state index contributed by atoms with van der Waals surface area (Å²) in [5, 5.41) is 13.3. The van der Waals surface area contributed by atoms with E-state index in [4.69, 9.17) is 5.26 Å². The summed E-state index contributed by atoms with van der Waals surface area (Å²) in [6.07, 6.45) is 5.00. The van der Waals surface area contributed by atoms with Gasteiger partial charge in [0.2, 0.25) is 0 Å². The van der Waals surface area contributed by atoms with Crippen molar-refractivity contribution in [1.82, 2.24) is 9.78 Å². The summed E-state index contributed by atoms with van der Waals surface area (Å²) in [5.74, 6) is 0. The quantitative estimate of drug-likeness (QED) is 0.624. The van der Waals surface area contributed by atoms with Gasteiger partial charge in [0.1, 0.15) is 5.41 Å². The molecule has 1 aliphatic carbocycles. The minimum Gasteiger partial charge on any atom is -0.275 e. The van der Waals surface area contributed by atoms with E-state index in [1.165, 1.54) is 0 Å². The Morgan fingerprint density at radius 2 is 2.42 bits per heavy atom. The number of nitriles is 1. The van der Waals surface area contributed by atoms with Gasteiger partial charge in [-0.25, -0.2) is 0 Å². The van der Waals surface area contributed by atoms with Gasteiger partial charge in [-0.1, -0.05) is 0 Å². The number of aromatic nitrogens is 2. The van der Waals surface area contributed by atoms with Crippen LogP contribution in [-0.2, 0) is 12.5 Å². The molecule has 0 atom stereocenters. The molecule has 0 saturated heterocycles. The van der Waals surface area contributed by atoms with Crippen molar-refractivity contribution < 1.29 is 0 Å². The van der Waals surface area contributed by atoms with E-state index in [-0.39, 0.29) is 5.41 Å². The number of hydrogen-bond donors (Lipinski definition) is 0. The van der Waals surface area contributed by atoms with Gasteiger partial charge in [0.05, 0.1) is 11.8 Å². The molecule has 0 bridgehead atoms. The first-order chi connectivity index (χ1) is 5.77. The predicted molar refractivity (Wildman–Crippen MR) is 44.4 cm³/mol. The summed E-state index contributed by atoms with van der Waals surface area (Å²) in [7, 11) is 1.88. The van der Waals surface area contributed by atoms with Crippen molar-refractivity contribution in [3.63, 3.8) is 0 Å². The Bertz CT molecular complexity index is 328. The van der Waals surface area contributed by atoms with E-state index in [1.54, 1.807) is 4.68 Å². The fourth-order valence-corrected chi connectivity index (χ4v) is 1.63. The van der Waals surface area contributed by atoms with Crippen LogP contribution in [0.2, 0.25) is 0 Å². The van der Waals surface area contributed by atoms with Crippen LogP contribution < -0.4 is 0 Å². The first-order valence-electron chi connectivity index (χ1n) is 4.18. The molecule has 62 valence electrons. The van der Waals surface area contributed by atoms with E-state index in [0.717, 1.165) is 25.0 Å². The molecule has 1 fully saturated rings. The van der Waals surface area contributed by atoms with Crippen molar-refractivity contribution in [3.05, 3.63) is 18.0 Å². The SMILES string of the molecule is Cn1ccc(C2(C#N)CCC2)n1. The van der Waals surface area contributed by atoms with Gasteiger partial charge in [-0.15, -0.1) is 0 Å². The summed E-state index contributed by atoms with van der Waals surface area (Å²) in [6, 6.07) is 4.32. The Morgan fingerprint density at radius 1 is 1.67 bits per heavy atom. The minimum atomic E-state index is -0.249. The first kappa shape index (κ1) is 7.35. The van der Waals surface area contributed by atoms with Crippen LogP contribution >= 0.6 is 0 Å². The zero-order chi connectivity index (χ0) is 8.60. The third-order valence-electron chi connectivity index (χ3n) is 2.63. The summed E-state index contributed by atoms with van der Waals surface area (Å²) < 4.78 is 1.76. The molecule has 2 rings (SSSR count). The van der Waals surface area contributed by atoms with Gasteiger partial charge in [0.15, 0.2) is 0 Å². The molecule has 1 heterocycles. The molecule has 1 aromatic rings. The third kappa shape index (κ3) is 0.845. The van der Waals surface area contributed by atoms with Crippen molar-refractivity contribution >= 4 is 0 Å². The predicted octanol–water partition coefficient (Wildman–Crippen LogP) is 1.37. The van der Waals surface area contributed by atoms with Crippen molar-refractivity contribution in [2.75, 3.05) is 0 Å². The Labute approximate surface area is 71.6 Å². The smallest absolute Gasteiger partial charge is 0.101 e. The average molecular weight is 161 g/mol. The van der Waals surface area contributed by atoms with Crippen molar-refractivity contribution in [1.29, 1.82) is 5.26 Å². The van der Waals surface area contributed by atoms with E-state index < -0.39 is 0 Å². The number of hydrogen-bond acceptors (Lipinski definition) is 2. The molecule has 1 aromatic heterocycles. The summed E-state index contributed by atoms with van der Waals surface area (Å²) in [5.41, 5.74) is 0.695. The fourth-order valence-electron chi connectivity index (χ4n) is 1.63. The van der Waals surface area contributed by atoms with Crippen LogP contribution in [0.5, 0.6) is 0 Å². The molecular weight excluding hydrogens is 150 g/mol. The minimum absolute atomic E-state index is 0.249. The topological polar surface area (TPSA) is 41.6 Å². The standard InChI is InChI=1S/C9H11N3/c1-12-6-3-8(11-12)9(7-10)4-2-5-9/h3,6H,2,4-5H2,1H3. The maximum atomic E-state index is 9.00. The zero-order valence-electron chi connectivity index (χ0n) is 7.12. The second kappa shape index (κ2) is 2.34. The third-order valence-corrected chi connectivity index (χ3v) is 2.63. The van der Waals surface area contributed by atoms with Gasteiger partial charge in [0.25, 0.3) is 0 Å². The number of nitrogens with zero attached hydrogens (tertiary/aromatic N) is 3. The molecule has 0 aliphatic heterocycles. The number of rotatable bonds is 1. The highest BCUT2D eigenvalue weighted by Gasteiger charge is 2.40. The second-order valence-electron chi connectivity index (χ2n) is 3.42. The Morgan fingerprint density at radius 3 is 2.75 bits per heavy atom. The first-order valence-corrected chi connectivity index (χ1v) is 4.18. The van der Waals surface area contributed by atoms with Gasteiger partial charge in [0, 0.05) is 13.2 Å². The fraction of sp³-hybridized carbons (Fsp3) is 0.556. The molecule has 12 heavy (non-hydrogen) atoms. The van der Waals surface area contributed by atoms with E-state index in [0.29, 0.717) is 0 Å². The Kier molecular flexibility index (Phi) is 1.44. The van der Waals surface area contributed by atoms with Gasteiger partial charge in [-0.05, 0) is 25.3 Å². The van der Waals surface area contributed by atoms with Crippen LogP contribution in [0.1, 0.15) is 25.0 Å². The van der Waals surface area contributed by atoms with Crippen LogP contribution in [0.3, 0.4) is 0 Å². The summed E-state index contributed by atoms with van der Waals surface area (Å²) >= 11 is 0. The van der Waals surface area contributed by atoms with Crippen molar-refractivity contribution in [3.8, 4) is 6.07 Å². The molecule has 0 aromatic carbocycles. The van der Waals surface area contributed by atoms with E-state index >= 15 is 0 Å². The lowest BCUT2D eigenvalue weighted by atomic mass is 9.68. The van der Waals surface area contributed by atoms with Gasteiger partial charge in [-0.3, -0.25) is 4.68 Å². The van der Waals surface area contributed by atoms with Crippen LogP contribution in [0.15, 0.2) is 12.3 Å². The van der Waals surface area contributed by atoms with Crippen molar-refractivity contribution in [2.45, 2.75) is 24.7 Å². The molecule has 0 unspecified atom stereocenters. The largest absolute Gasteiger partial charge is 0.275 e. The summed E-state index contributed by atoms with van der Waals surface area (Å²) in [4.78, 5) is 0. The van der Waals surface area contributed by atoms with Crippen LogP contribution in [0.25, 0.3) is 0 Å². The molecule has 3 nitrogen and oxygen atoms in total. The van der Waals surface area contributed by atoms with E-state index in [9.17, 15) is 0 Å². The Balaban J connectivity index is 2.35. The molecule has 1 saturated carbocycles. The molecular formula is C9H11N3. The van der Waals surface area contributed by atoms with Gasteiger partial charge >= 0.3 is 0 Å². The Hall–Kier alpha value is -1.30. The maximum absolute atomic E-state index is 9.00.